The molecule has 0 N–H and O–H groups in total. The van der Waals surface area contributed by atoms with Gasteiger partial charge in [-0.05, 0) is 68.3 Å². The molecule has 3 rings (SSSR count). The zero-order chi connectivity index (χ0) is 19.7. The maximum atomic E-state index is 11.1. The molecule has 0 bridgehead atoms. The smallest absolute Gasteiger partial charge is 0.223 e. The summed E-state index contributed by atoms with van der Waals surface area (Å²) in [5.74, 6) is 1.50. The lowest BCUT2D eigenvalue weighted by atomic mass is 9.46. The Morgan fingerprint density at radius 3 is 2.35 bits per heavy atom. The van der Waals surface area contributed by atoms with Gasteiger partial charge in [0.1, 0.15) is 0 Å². The van der Waals surface area contributed by atoms with Crippen LogP contribution in [0.4, 0.5) is 0 Å². The normalized spacial score (nSPS) is 36.8. The van der Waals surface area contributed by atoms with E-state index in [0.717, 1.165) is 11.8 Å². The molecule has 1 saturated carbocycles. The Balaban J connectivity index is 0.000000197. The Morgan fingerprint density at radius 1 is 1.08 bits per heavy atom. The third-order valence-corrected chi connectivity index (χ3v) is 7.64. The monoisotopic (exact) mass is 358 g/mol. The predicted molar refractivity (Wildman–Crippen MR) is 106 cm³/mol. The minimum Gasteiger partial charge on any atom is -0.493 e. The van der Waals surface area contributed by atoms with Gasteiger partial charge in [0.25, 0.3) is 0 Å². The van der Waals surface area contributed by atoms with Gasteiger partial charge in [0, 0.05) is 11.6 Å². The lowest BCUT2D eigenvalue weighted by Crippen LogP contribution is -2.50. The number of ether oxygens (including phenoxy) is 1. The number of allylic oxidation sites excluding steroid dienone is 5. The summed E-state index contributed by atoms with van der Waals surface area (Å²) in [6.07, 6.45) is 10.5. The second kappa shape index (κ2) is 7.54. The second-order valence-corrected chi connectivity index (χ2v) is 8.75. The number of fused-ring (bicyclic) bond motifs is 1. The van der Waals surface area contributed by atoms with E-state index in [4.69, 9.17) is 4.74 Å². The van der Waals surface area contributed by atoms with E-state index in [1.54, 1.807) is 12.5 Å². The first-order valence-corrected chi connectivity index (χ1v) is 9.76. The van der Waals surface area contributed by atoms with Crippen LogP contribution in [0.5, 0.6) is 0 Å². The summed E-state index contributed by atoms with van der Waals surface area (Å²) in [6.45, 7) is 13.9. The summed E-state index contributed by atoms with van der Waals surface area (Å²) in [5.41, 5.74) is 3.12. The van der Waals surface area contributed by atoms with Crippen molar-refractivity contribution in [2.75, 3.05) is 7.11 Å². The number of rotatable bonds is 1. The van der Waals surface area contributed by atoms with Crippen molar-refractivity contribution in [2.24, 2.45) is 22.7 Å². The average Bonchev–Trinajstić information content (AvgIpc) is 2.59. The standard InChI is InChI=1S/C15H26.C8H8O3/c1-11-8-10-14(4)12(2)7-6-9-15(14,5)13(11)3;1-5-3-6(9)4-7(11-2)8(5)10/h7,11,13H,6,8-10H2,1-5H3;3-4H,1-2H3/t11?,13?,14-,15?;/m1./s1. The van der Waals surface area contributed by atoms with Crippen LogP contribution in [-0.4, -0.2) is 18.7 Å². The highest BCUT2D eigenvalue weighted by molar-refractivity contribution is 6.18. The third-order valence-electron chi connectivity index (χ3n) is 7.64. The number of methoxy groups -OCH3 is 1. The van der Waals surface area contributed by atoms with Gasteiger partial charge in [0.2, 0.25) is 5.78 Å². The van der Waals surface area contributed by atoms with Crippen molar-refractivity contribution in [2.45, 2.75) is 67.2 Å². The number of carbonyl (C=O) groups is 2. The van der Waals surface area contributed by atoms with E-state index in [0.29, 0.717) is 16.4 Å². The van der Waals surface area contributed by atoms with Gasteiger partial charge in [-0.3, -0.25) is 9.59 Å². The van der Waals surface area contributed by atoms with Crippen molar-refractivity contribution in [1.82, 2.24) is 0 Å². The van der Waals surface area contributed by atoms with Gasteiger partial charge in [0.15, 0.2) is 11.5 Å². The van der Waals surface area contributed by atoms with E-state index in [1.807, 2.05) is 0 Å². The third kappa shape index (κ3) is 3.45. The van der Waals surface area contributed by atoms with Crippen LogP contribution in [0, 0.1) is 22.7 Å². The highest BCUT2D eigenvalue weighted by Crippen LogP contribution is 2.62. The molecule has 0 heterocycles. The fourth-order valence-electron chi connectivity index (χ4n) is 5.01. The van der Waals surface area contributed by atoms with Crippen LogP contribution in [-0.2, 0) is 14.3 Å². The van der Waals surface area contributed by atoms with Crippen LogP contribution < -0.4 is 0 Å². The Labute approximate surface area is 158 Å². The number of hydrogen-bond donors (Lipinski definition) is 0. The van der Waals surface area contributed by atoms with Crippen molar-refractivity contribution in [1.29, 1.82) is 0 Å². The van der Waals surface area contributed by atoms with Crippen molar-refractivity contribution < 1.29 is 14.3 Å². The first kappa shape index (κ1) is 20.7. The minimum absolute atomic E-state index is 0.120. The molecule has 0 spiro atoms. The topological polar surface area (TPSA) is 43.4 Å². The first-order chi connectivity index (χ1) is 12.1. The van der Waals surface area contributed by atoms with Crippen molar-refractivity contribution in [3.05, 3.63) is 35.1 Å². The Hall–Kier alpha value is -1.64. The van der Waals surface area contributed by atoms with Gasteiger partial charge in [0.05, 0.1) is 7.11 Å². The van der Waals surface area contributed by atoms with E-state index in [9.17, 15) is 9.59 Å². The lowest BCUT2D eigenvalue weighted by Gasteiger charge is -2.59. The molecule has 26 heavy (non-hydrogen) atoms. The van der Waals surface area contributed by atoms with Gasteiger partial charge < -0.3 is 4.74 Å². The number of hydrogen-bond acceptors (Lipinski definition) is 3. The zero-order valence-corrected chi connectivity index (χ0v) is 17.4. The molecule has 3 heteroatoms. The number of ketones is 2. The van der Waals surface area contributed by atoms with E-state index in [1.165, 1.54) is 44.9 Å². The fraction of sp³-hybridized carbons (Fsp3) is 0.652. The Bertz CT molecular complexity index is 682. The maximum Gasteiger partial charge on any atom is 0.223 e. The Kier molecular flexibility index (Phi) is 5.99. The predicted octanol–water partition coefficient (Wildman–Crippen LogP) is 5.42. The fourth-order valence-corrected chi connectivity index (χ4v) is 5.01. The molecule has 3 aliphatic rings. The van der Waals surface area contributed by atoms with Crippen molar-refractivity contribution in [3.63, 3.8) is 0 Å². The summed E-state index contributed by atoms with van der Waals surface area (Å²) in [5, 5.41) is 0. The number of carbonyl (C=O) groups excluding carboxylic acids is 2. The highest BCUT2D eigenvalue weighted by Gasteiger charge is 2.53. The van der Waals surface area contributed by atoms with E-state index in [2.05, 4.69) is 40.7 Å². The van der Waals surface area contributed by atoms with E-state index in [-0.39, 0.29) is 17.3 Å². The van der Waals surface area contributed by atoms with Crippen LogP contribution >= 0.6 is 0 Å². The van der Waals surface area contributed by atoms with E-state index >= 15 is 0 Å². The van der Waals surface area contributed by atoms with Crippen LogP contribution in [0.15, 0.2) is 35.1 Å². The summed E-state index contributed by atoms with van der Waals surface area (Å²) >= 11 is 0. The van der Waals surface area contributed by atoms with Gasteiger partial charge in [-0.1, -0.05) is 39.3 Å². The Morgan fingerprint density at radius 2 is 1.73 bits per heavy atom. The molecule has 0 radical (unpaired) electrons. The molecular formula is C23H34O3. The van der Waals surface area contributed by atoms with E-state index < -0.39 is 0 Å². The molecule has 0 aliphatic heterocycles. The van der Waals surface area contributed by atoms with Gasteiger partial charge in [-0.15, -0.1) is 0 Å². The molecule has 0 amide bonds. The number of Topliss-reactive ketones (excluding diaryl/α,β-unsaturated/α-hetero) is 1. The molecule has 1 fully saturated rings. The van der Waals surface area contributed by atoms with Crippen molar-refractivity contribution in [3.8, 4) is 0 Å². The average molecular weight is 359 g/mol. The quantitative estimate of drug-likeness (QED) is 0.464. The van der Waals surface area contributed by atoms with Gasteiger partial charge in [-0.25, -0.2) is 0 Å². The molecule has 3 nitrogen and oxygen atoms in total. The molecular weight excluding hydrogens is 324 g/mol. The summed E-state index contributed by atoms with van der Waals surface area (Å²) < 4.78 is 4.69. The second-order valence-electron chi connectivity index (χ2n) is 8.75. The summed E-state index contributed by atoms with van der Waals surface area (Å²) in [6, 6.07) is 0. The van der Waals surface area contributed by atoms with Crippen LogP contribution in [0.3, 0.4) is 0 Å². The van der Waals surface area contributed by atoms with Gasteiger partial charge in [-0.2, -0.15) is 0 Å². The molecule has 3 unspecified atom stereocenters. The van der Waals surface area contributed by atoms with Crippen LogP contribution in [0.25, 0.3) is 0 Å². The van der Waals surface area contributed by atoms with Gasteiger partial charge >= 0.3 is 0 Å². The maximum absolute atomic E-state index is 11.1. The lowest BCUT2D eigenvalue weighted by molar-refractivity contribution is -0.117. The first-order valence-electron chi connectivity index (χ1n) is 9.76. The summed E-state index contributed by atoms with van der Waals surface area (Å²) in [4.78, 5) is 21.9. The molecule has 0 aromatic rings. The molecule has 0 aromatic carbocycles. The summed E-state index contributed by atoms with van der Waals surface area (Å²) in [7, 11) is 1.37. The largest absolute Gasteiger partial charge is 0.493 e. The SMILES string of the molecule is CC1=CCCC2(C)C(C)C(C)CC[C@]12C.COC1=CC(=O)C=C(C)C1=O. The molecule has 0 aromatic heterocycles. The molecule has 3 aliphatic carbocycles. The minimum atomic E-state index is -0.216. The molecule has 0 saturated heterocycles. The van der Waals surface area contributed by atoms with Crippen LogP contribution in [0.2, 0.25) is 0 Å². The zero-order valence-electron chi connectivity index (χ0n) is 17.4. The van der Waals surface area contributed by atoms with Crippen molar-refractivity contribution >= 4 is 11.6 Å². The van der Waals surface area contributed by atoms with Crippen LogP contribution in [0.1, 0.15) is 67.2 Å². The molecule has 4 atom stereocenters. The highest BCUT2D eigenvalue weighted by atomic mass is 16.5. The molecule has 144 valence electrons.